The van der Waals surface area contributed by atoms with E-state index in [1.54, 1.807) is 7.11 Å². The number of hydrogen-bond acceptors (Lipinski definition) is 3. The van der Waals surface area contributed by atoms with E-state index in [1.165, 1.54) is 0 Å². The van der Waals surface area contributed by atoms with Gasteiger partial charge in [-0.1, -0.05) is 24.3 Å². The van der Waals surface area contributed by atoms with Crippen LogP contribution in [0.2, 0.25) is 0 Å². The molecule has 1 rings (SSSR count). The van der Waals surface area contributed by atoms with Crippen LogP contribution in [0, 0.1) is 0 Å². The van der Waals surface area contributed by atoms with Gasteiger partial charge in [-0.15, -0.1) is 0 Å². The van der Waals surface area contributed by atoms with Crippen LogP contribution in [-0.4, -0.2) is 13.6 Å². The van der Waals surface area contributed by atoms with Gasteiger partial charge in [0.2, 0.25) is 0 Å². The molecule has 0 atom stereocenters. The second-order valence-electron chi connectivity index (χ2n) is 2.66. The van der Waals surface area contributed by atoms with E-state index in [-0.39, 0.29) is 0 Å². The summed E-state index contributed by atoms with van der Waals surface area (Å²) in [6, 6.07) is 7.73. The Bertz CT molecular complexity index is 253. The maximum Gasteiger partial charge on any atom is 0.293 e. The molecule has 3 nitrogen and oxygen atoms in total. The summed E-state index contributed by atoms with van der Waals surface area (Å²) in [7, 11) is 1.66. The molecule has 0 amide bonds. The number of ether oxygens (including phenoxy) is 2. The topological polar surface area (TPSA) is 35.5 Å². The second-order valence-corrected chi connectivity index (χ2v) is 2.66. The fourth-order valence-corrected chi connectivity index (χ4v) is 1.03. The summed E-state index contributed by atoms with van der Waals surface area (Å²) in [6.45, 7) is 1.38. The van der Waals surface area contributed by atoms with Crippen LogP contribution >= 0.6 is 0 Å². The molecule has 1 aromatic carbocycles. The summed E-state index contributed by atoms with van der Waals surface area (Å²) in [5, 5.41) is 0. The maximum atomic E-state index is 9.91. The van der Waals surface area contributed by atoms with E-state index in [1.807, 2.05) is 24.3 Å². The summed E-state index contributed by atoms with van der Waals surface area (Å²) in [4.78, 5) is 9.91. The highest BCUT2D eigenvalue weighted by Gasteiger charge is 1.93. The van der Waals surface area contributed by atoms with E-state index in [0.717, 1.165) is 11.1 Å². The summed E-state index contributed by atoms with van der Waals surface area (Å²) < 4.78 is 9.57. The zero-order chi connectivity index (χ0) is 9.52. The molecule has 13 heavy (non-hydrogen) atoms. The van der Waals surface area contributed by atoms with Gasteiger partial charge >= 0.3 is 0 Å². The van der Waals surface area contributed by atoms with Crippen molar-refractivity contribution in [2.24, 2.45) is 0 Å². The first-order valence-corrected chi connectivity index (χ1v) is 3.99. The van der Waals surface area contributed by atoms with E-state index >= 15 is 0 Å². The van der Waals surface area contributed by atoms with Gasteiger partial charge in [0.15, 0.2) is 0 Å². The van der Waals surface area contributed by atoms with E-state index in [4.69, 9.17) is 4.74 Å². The first-order valence-electron chi connectivity index (χ1n) is 3.99. The predicted molar refractivity (Wildman–Crippen MR) is 48.0 cm³/mol. The largest absolute Gasteiger partial charge is 0.463 e. The van der Waals surface area contributed by atoms with Crippen LogP contribution in [0.25, 0.3) is 0 Å². The minimum atomic E-state index is 0.330. The third kappa shape index (κ3) is 3.25. The van der Waals surface area contributed by atoms with Gasteiger partial charge in [0.1, 0.15) is 6.61 Å². The van der Waals surface area contributed by atoms with Crippen LogP contribution in [0.15, 0.2) is 24.3 Å². The Morgan fingerprint density at radius 2 is 1.69 bits per heavy atom. The van der Waals surface area contributed by atoms with E-state index in [2.05, 4.69) is 4.74 Å². The average Bonchev–Trinajstić information content (AvgIpc) is 2.17. The lowest BCUT2D eigenvalue weighted by atomic mass is 10.1. The van der Waals surface area contributed by atoms with Crippen molar-refractivity contribution < 1.29 is 14.3 Å². The van der Waals surface area contributed by atoms with Crippen molar-refractivity contribution in [3.05, 3.63) is 35.4 Å². The summed E-state index contributed by atoms with van der Waals surface area (Å²) in [5.74, 6) is 0. The fourth-order valence-electron chi connectivity index (χ4n) is 1.03. The van der Waals surface area contributed by atoms with Crippen LogP contribution in [0.3, 0.4) is 0 Å². The summed E-state index contributed by atoms with van der Waals surface area (Å²) >= 11 is 0. The molecule has 0 spiro atoms. The minimum Gasteiger partial charge on any atom is -0.463 e. The lowest BCUT2D eigenvalue weighted by Crippen LogP contribution is -1.91. The first kappa shape index (κ1) is 9.74. The standard InChI is InChI=1S/C10H12O3/c1-12-6-9-2-4-10(5-3-9)7-13-8-11/h2-5,8H,6-7H2,1H3. The monoisotopic (exact) mass is 180 g/mol. The van der Waals surface area contributed by atoms with Crippen molar-refractivity contribution in [2.45, 2.75) is 13.2 Å². The Kier molecular flexibility index (Phi) is 3.99. The summed E-state index contributed by atoms with van der Waals surface area (Å²) in [6.07, 6.45) is 0. The number of carbonyl (C=O) groups is 1. The van der Waals surface area contributed by atoms with E-state index in [0.29, 0.717) is 19.7 Å². The van der Waals surface area contributed by atoms with Crippen LogP contribution in [-0.2, 0) is 27.5 Å². The molecular weight excluding hydrogens is 168 g/mol. The van der Waals surface area contributed by atoms with Crippen molar-refractivity contribution in [2.75, 3.05) is 7.11 Å². The van der Waals surface area contributed by atoms with Crippen molar-refractivity contribution >= 4 is 6.47 Å². The molecule has 0 radical (unpaired) electrons. The molecule has 0 N–H and O–H groups in total. The summed E-state index contributed by atoms with van der Waals surface area (Å²) in [5.41, 5.74) is 2.09. The van der Waals surface area contributed by atoms with E-state index in [9.17, 15) is 4.79 Å². The smallest absolute Gasteiger partial charge is 0.293 e. The van der Waals surface area contributed by atoms with Crippen LogP contribution in [0.1, 0.15) is 11.1 Å². The highest BCUT2D eigenvalue weighted by Crippen LogP contribution is 2.05. The number of methoxy groups -OCH3 is 1. The number of hydrogen-bond donors (Lipinski definition) is 0. The van der Waals surface area contributed by atoms with Crippen molar-refractivity contribution in [3.63, 3.8) is 0 Å². The molecule has 0 fully saturated rings. The van der Waals surface area contributed by atoms with Gasteiger partial charge in [-0.2, -0.15) is 0 Å². The molecule has 0 saturated heterocycles. The molecule has 0 saturated carbocycles. The number of carbonyl (C=O) groups excluding carboxylic acids is 1. The van der Waals surface area contributed by atoms with E-state index < -0.39 is 0 Å². The highest BCUT2D eigenvalue weighted by atomic mass is 16.5. The van der Waals surface area contributed by atoms with Crippen molar-refractivity contribution in [1.29, 1.82) is 0 Å². The van der Waals surface area contributed by atoms with Gasteiger partial charge in [0.05, 0.1) is 6.61 Å². The number of benzene rings is 1. The Hall–Kier alpha value is -1.35. The Morgan fingerprint density at radius 1 is 1.15 bits per heavy atom. The normalized spacial score (nSPS) is 9.62. The van der Waals surface area contributed by atoms with Gasteiger partial charge in [-0.25, -0.2) is 0 Å². The van der Waals surface area contributed by atoms with Gasteiger partial charge in [0.25, 0.3) is 6.47 Å². The van der Waals surface area contributed by atoms with Crippen LogP contribution in [0.5, 0.6) is 0 Å². The minimum absolute atomic E-state index is 0.330. The zero-order valence-corrected chi connectivity index (χ0v) is 7.53. The predicted octanol–water partition coefficient (Wildman–Crippen LogP) is 1.51. The van der Waals surface area contributed by atoms with Crippen LogP contribution in [0.4, 0.5) is 0 Å². The molecule has 0 bridgehead atoms. The molecule has 0 aliphatic carbocycles. The Balaban J connectivity index is 2.53. The van der Waals surface area contributed by atoms with Gasteiger partial charge in [0, 0.05) is 7.11 Å². The molecule has 0 heterocycles. The average molecular weight is 180 g/mol. The quantitative estimate of drug-likeness (QED) is 0.644. The molecule has 0 aliphatic rings. The molecular formula is C10H12O3. The Labute approximate surface area is 77.3 Å². The second kappa shape index (κ2) is 5.32. The first-order chi connectivity index (χ1) is 6.36. The highest BCUT2D eigenvalue weighted by molar-refractivity contribution is 5.37. The molecule has 0 unspecified atom stereocenters. The third-order valence-corrected chi connectivity index (χ3v) is 1.65. The number of rotatable bonds is 5. The molecule has 70 valence electrons. The van der Waals surface area contributed by atoms with Crippen molar-refractivity contribution in [1.82, 2.24) is 0 Å². The molecule has 0 aliphatic heterocycles. The van der Waals surface area contributed by atoms with Gasteiger partial charge < -0.3 is 9.47 Å². The van der Waals surface area contributed by atoms with Crippen molar-refractivity contribution in [3.8, 4) is 0 Å². The van der Waals surface area contributed by atoms with Gasteiger partial charge in [-0.3, -0.25) is 4.79 Å². The lowest BCUT2D eigenvalue weighted by molar-refractivity contribution is -0.129. The fraction of sp³-hybridized carbons (Fsp3) is 0.300. The maximum absolute atomic E-state index is 9.91. The molecule has 1 aromatic rings. The molecule has 0 aromatic heterocycles. The SMILES string of the molecule is COCc1ccc(COC=O)cc1. The lowest BCUT2D eigenvalue weighted by Gasteiger charge is -2.01. The Morgan fingerprint density at radius 3 is 2.15 bits per heavy atom. The zero-order valence-electron chi connectivity index (χ0n) is 7.53. The molecule has 3 heteroatoms. The van der Waals surface area contributed by atoms with Gasteiger partial charge in [-0.05, 0) is 11.1 Å². The van der Waals surface area contributed by atoms with Crippen LogP contribution < -0.4 is 0 Å². The third-order valence-electron chi connectivity index (χ3n) is 1.65.